The SMILES string of the molecule is CCC1CCCCN1C(=O)c1cnc(C(=O)O)cn1. The van der Waals surface area contributed by atoms with E-state index in [4.69, 9.17) is 5.11 Å². The predicted molar refractivity (Wildman–Crippen MR) is 68.0 cm³/mol. The molecule has 0 saturated carbocycles. The number of carboxylic acid groups (broad SMARTS) is 1. The van der Waals surface area contributed by atoms with E-state index in [1.807, 2.05) is 4.90 Å². The molecule has 0 aromatic carbocycles. The number of carboxylic acids is 1. The zero-order chi connectivity index (χ0) is 13.8. The van der Waals surface area contributed by atoms with Crippen molar-refractivity contribution in [3.8, 4) is 0 Å². The smallest absolute Gasteiger partial charge is 0.356 e. The quantitative estimate of drug-likeness (QED) is 0.895. The van der Waals surface area contributed by atoms with E-state index in [1.165, 1.54) is 6.20 Å². The molecule has 1 amide bonds. The predicted octanol–water partition coefficient (Wildman–Crippen LogP) is 1.58. The van der Waals surface area contributed by atoms with Gasteiger partial charge in [-0.05, 0) is 25.7 Å². The lowest BCUT2D eigenvalue weighted by Crippen LogP contribution is -2.43. The Labute approximate surface area is 111 Å². The highest BCUT2D eigenvalue weighted by Crippen LogP contribution is 2.21. The lowest BCUT2D eigenvalue weighted by Gasteiger charge is -2.34. The largest absolute Gasteiger partial charge is 0.476 e. The van der Waals surface area contributed by atoms with Gasteiger partial charge in [-0.3, -0.25) is 4.79 Å². The number of rotatable bonds is 3. The molecular formula is C13H17N3O3. The van der Waals surface area contributed by atoms with E-state index in [9.17, 15) is 9.59 Å². The van der Waals surface area contributed by atoms with Crippen LogP contribution in [-0.4, -0.2) is 44.4 Å². The van der Waals surface area contributed by atoms with Crippen molar-refractivity contribution in [3.63, 3.8) is 0 Å². The number of nitrogens with zero attached hydrogens (tertiary/aromatic N) is 3. The van der Waals surface area contributed by atoms with Crippen LogP contribution in [0.15, 0.2) is 12.4 Å². The lowest BCUT2D eigenvalue weighted by molar-refractivity contribution is 0.0598. The Bertz CT molecular complexity index is 473. The van der Waals surface area contributed by atoms with Crippen LogP contribution in [0.25, 0.3) is 0 Å². The number of hydrogen-bond donors (Lipinski definition) is 1. The van der Waals surface area contributed by atoms with Gasteiger partial charge in [0.2, 0.25) is 0 Å². The molecule has 1 saturated heterocycles. The van der Waals surface area contributed by atoms with Crippen molar-refractivity contribution >= 4 is 11.9 Å². The first-order chi connectivity index (χ1) is 9.13. The van der Waals surface area contributed by atoms with Gasteiger partial charge in [-0.25, -0.2) is 14.8 Å². The third kappa shape index (κ3) is 2.89. The van der Waals surface area contributed by atoms with Crippen LogP contribution >= 0.6 is 0 Å². The second kappa shape index (κ2) is 5.77. The molecular weight excluding hydrogens is 246 g/mol. The number of likely N-dealkylation sites (tertiary alicyclic amines) is 1. The first-order valence-corrected chi connectivity index (χ1v) is 6.49. The molecule has 2 rings (SSSR count). The van der Waals surface area contributed by atoms with Crippen LogP contribution in [0.4, 0.5) is 0 Å². The van der Waals surface area contributed by atoms with Crippen molar-refractivity contribution in [2.24, 2.45) is 0 Å². The third-order valence-corrected chi connectivity index (χ3v) is 3.45. The summed E-state index contributed by atoms with van der Waals surface area (Å²) >= 11 is 0. The highest BCUT2D eigenvalue weighted by molar-refractivity contribution is 5.93. The molecule has 2 heterocycles. The van der Waals surface area contributed by atoms with Crippen LogP contribution in [0.2, 0.25) is 0 Å². The van der Waals surface area contributed by atoms with Gasteiger partial charge in [-0.1, -0.05) is 6.92 Å². The number of carbonyl (C=O) groups excluding carboxylic acids is 1. The average molecular weight is 263 g/mol. The van der Waals surface area contributed by atoms with Gasteiger partial charge in [0.1, 0.15) is 5.69 Å². The molecule has 102 valence electrons. The molecule has 1 aliphatic heterocycles. The second-order valence-electron chi connectivity index (χ2n) is 4.65. The highest BCUT2D eigenvalue weighted by Gasteiger charge is 2.27. The first kappa shape index (κ1) is 13.5. The van der Waals surface area contributed by atoms with E-state index in [1.54, 1.807) is 0 Å². The van der Waals surface area contributed by atoms with Gasteiger partial charge in [0.05, 0.1) is 12.4 Å². The fourth-order valence-electron chi connectivity index (χ4n) is 2.39. The standard InChI is InChI=1S/C13H17N3O3/c1-2-9-5-3-4-6-16(9)12(17)10-7-15-11(8-14-10)13(18)19/h7-9H,2-6H2,1H3,(H,18,19). The number of aromatic nitrogens is 2. The minimum atomic E-state index is -1.14. The summed E-state index contributed by atoms with van der Waals surface area (Å²) in [4.78, 5) is 32.5. The molecule has 0 aliphatic carbocycles. The monoisotopic (exact) mass is 263 g/mol. The van der Waals surface area contributed by atoms with Crippen molar-refractivity contribution in [2.45, 2.75) is 38.6 Å². The van der Waals surface area contributed by atoms with Crippen LogP contribution < -0.4 is 0 Å². The summed E-state index contributed by atoms with van der Waals surface area (Å²) in [6, 6.07) is 0.252. The van der Waals surface area contributed by atoms with E-state index in [2.05, 4.69) is 16.9 Å². The lowest BCUT2D eigenvalue weighted by atomic mass is 9.99. The minimum absolute atomic E-state index is 0.151. The Hall–Kier alpha value is -1.98. The summed E-state index contributed by atoms with van der Waals surface area (Å²) in [6.07, 6.45) is 6.46. The first-order valence-electron chi connectivity index (χ1n) is 6.49. The number of carbonyl (C=O) groups is 2. The fraction of sp³-hybridized carbons (Fsp3) is 0.538. The molecule has 1 aromatic heterocycles. The zero-order valence-corrected chi connectivity index (χ0v) is 10.9. The summed E-state index contributed by atoms with van der Waals surface area (Å²) < 4.78 is 0. The van der Waals surface area contributed by atoms with Crippen molar-refractivity contribution in [1.82, 2.24) is 14.9 Å². The summed E-state index contributed by atoms with van der Waals surface area (Å²) in [7, 11) is 0. The molecule has 0 spiro atoms. The van der Waals surface area contributed by atoms with E-state index < -0.39 is 5.97 Å². The molecule has 0 radical (unpaired) electrons. The van der Waals surface area contributed by atoms with Gasteiger partial charge in [0.15, 0.2) is 5.69 Å². The maximum atomic E-state index is 12.3. The Morgan fingerprint density at radius 1 is 1.32 bits per heavy atom. The van der Waals surface area contributed by atoms with Gasteiger partial charge in [-0.2, -0.15) is 0 Å². The molecule has 0 bridgehead atoms. The second-order valence-corrected chi connectivity index (χ2v) is 4.65. The Balaban J connectivity index is 2.16. The summed E-state index contributed by atoms with van der Waals surface area (Å²) in [6.45, 7) is 2.80. The van der Waals surface area contributed by atoms with Gasteiger partial charge in [0.25, 0.3) is 5.91 Å². The van der Waals surface area contributed by atoms with Crippen LogP contribution in [0.3, 0.4) is 0 Å². The Kier molecular flexibility index (Phi) is 4.09. The van der Waals surface area contributed by atoms with Gasteiger partial charge >= 0.3 is 5.97 Å². The normalized spacial score (nSPS) is 19.2. The molecule has 6 nitrogen and oxygen atoms in total. The van der Waals surface area contributed by atoms with Crippen molar-refractivity contribution in [3.05, 3.63) is 23.8 Å². The number of piperidine rings is 1. The number of amides is 1. The molecule has 6 heteroatoms. The van der Waals surface area contributed by atoms with Crippen LogP contribution in [0.1, 0.15) is 53.6 Å². The topological polar surface area (TPSA) is 83.4 Å². The van der Waals surface area contributed by atoms with Crippen molar-refractivity contribution < 1.29 is 14.7 Å². The third-order valence-electron chi connectivity index (χ3n) is 3.45. The van der Waals surface area contributed by atoms with E-state index in [0.717, 1.165) is 38.4 Å². The summed E-state index contributed by atoms with van der Waals surface area (Å²) in [5.41, 5.74) is 0.0626. The van der Waals surface area contributed by atoms with E-state index in [-0.39, 0.29) is 23.3 Å². The van der Waals surface area contributed by atoms with Crippen LogP contribution in [0, 0.1) is 0 Å². The minimum Gasteiger partial charge on any atom is -0.476 e. The van der Waals surface area contributed by atoms with Gasteiger partial charge in [0, 0.05) is 12.6 Å². The molecule has 1 atom stereocenters. The molecule has 1 aliphatic rings. The average Bonchev–Trinajstić information content (AvgIpc) is 2.46. The zero-order valence-electron chi connectivity index (χ0n) is 10.9. The Morgan fingerprint density at radius 2 is 2.00 bits per heavy atom. The molecule has 1 unspecified atom stereocenters. The number of aromatic carboxylic acids is 1. The van der Waals surface area contributed by atoms with Crippen molar-refractivity contribution in [1.29, 1.82) is 0 Å². The van der Waals surface area contributed by atoms with Crippen LogP contribution in [-0.2, 0) is 0 Å². The van der Waals surface area contributed by atoms with E-state index >= 15 is 0 Å². The summed E-state index contributed by atoms with van der Waals surface area (Å²) in [5.74, 6) is -1.30. The maximum absolute atomic E-state index is 12.3. The molecule has 1 N–H and O–H groups in total. The molecule has 19 heavy (non-hydrogen) atoms. The molecule has 1 aromatic rings. The highest BCUT2D eigenvalue weighted by atomic mass is 16.4. The van der Waals surface area contributed by atoms with Crippen LogP contribution in [0.5, 0.6) is 0 Å². The molecule has 1 fully saturated rings. The summed E-state index contributed by atoms with van der Waals surface area (Å²) in [5, 5.41) is 8.75. The Morgan fingerprint density at radius 3 is 2.58 bits per heavy atom. The van der Waals surface area contributed by atoms with Crippen molar-refractivity contribution in [2.75, 3.05) is 6.54 Å². The fourth-order valence-corrected chi connectivity index (χ4v) is 2.39. The number of hydrogen-bond acceptors (Lipinski definition) is 4. The van der Waals surface area contributed by atoms with Gasteiger partial charge < -0.3 is 10.0 Å². The maximum Gasteiger partial charge on any atom is 0.356 e. The van der Waals surface area contributed by atoms with E-state index in [0.29, 0.717) is 0 Å². The van der Waals surface area contributed by atoms with Gasteiger partial charge in [-0.15, -0.1) is 0 Å².